The van der Waals surface area contributed by atoms with Crippen molar-refractivity contribution in [3.8, 4) is 0 Å². The van der Waals surface area contributed by atoms with Gasteiger partial charge in [0.15, 0.2) is 0 Å². The van der Waals surface area contributed by atoms with E-state index in [0.29, 0.717) is 17.9 Å². The average Bonchev–Trinajstić information content (AvgIpc) is 2.31. The van der Waals surface area contributed by atoms with E-state index in [4.69, 9.17) is 0 Å². The molecule has 0 aliphatic carbocycles. The summed E-state index contributed by atoms with van der Waals surface area (Å²) in [7, 11) is 0. The van der Waals surface area contributed by atoms with Gasteiger partial charge in [-0.25, -0.2) is 0 Å². The molecule has 1 N–H and O–H groups in total. The number of piperidine rings is 1. The fraction of sp³-hybridized carbons (Fsp3) is 0.600. The predicted molar refractivity (Wildman–Crippen MR) is 69.7 cm³/mol. The third-order valence-electron chi connectivity index (χ3n) is 3.68. The molecule has 1 fully saturated rings. The van der Waals surface area contributed by atoms with E-state index in [1.807, 2.05) is 0 Å². The van der Waals surface area contributed by atoms with E-state index in [1.54, 1.807) is 0 Å². The number of hydrogen-bond donors (Lipinski definition) is 1. The van der Waals surface area contributed by atoms with Crippen LogP contribution in [0.15, 0.2) is 30.3 Å². The Balaban J connectivity index is 2.16. The van der Waals surface area contributed by atoms with Gasteiger partial charge in [-0.2, -0.15) is 0 Å². The van der Waals surface area contributed by atoms with Gasteiger partial charge in [-0.15, -0.1) is 0 Å². The lowest BCUT2D eigenvalue weighted by Crippen LogP contribution is -2.40. The molecule has 0 bridgehead atoms. The minimum Gasteiger partial charge on any atom is -0.313 e. The van der Waals surface area contributed by atoms with E-state index < -0.39 is 0 Å². The summed E-state index contributed by atoms with van der Waals surface area (Å²) >= 11 is 0. The monoisotopic (exact) mass is 217 g/mol. The molecule has 1 aromatic carbocycles. The summed E-state index contributed by atoms with van der Waals surface area (Å²) in [4.78, 5) is 0. The predicted octanol–water partition coefficient (Wildman–Crippen LogP) is 3.57. The first-order valence-electron chi connectivity index (χ1n) is 6.57. The van der Waals surface area contributed by atoms with Gasteiger partial charge < -0.3 is 5.32 Å². The van der Waals surface area contributed by atoms with Crippen molar-refractivity contribution in [1.29, 1.82) is 0 Å². The Labute approximate surface area is 99.3 Å². The Hall–Kier alpha value is -0.820. The second-order valence-electron chi connectivity index (χ2n) is 5.24. The minimum absolute atomic E-state index is 0.668. The van der Waals surface area contributed by atoms with Crippen molar-refractivity contribution in [1.82, 2.24) is 5.32 Å². The van der Waals surface area contributed by atoms with Crippen molar-refractivity contribution in [3.63, 3.8) is 0 Å². The summed E-state index contributed by atoms with van der Waals surface area (Å²) in [6.07, 6.45) is 4.06. The van der Waals surface area contributed by atoms with Gasteiger partial charge in [0.25, 0.3) is 0 Å². The number of nitrogens with one attached hydrogen (secondary N) is 1. The van der Waals surface area contributed by atoms with E-state index >= 15 is 0 Å². The number of hydrogen-bond acceptors (Lipinski definition) is 1. The lowest BCUT2D eigenvalue weighted by atomic mass is 9.79. The van der Waals surface area contributed by atoms with Gasteiger partial charge in [0.05, 0.1) is 0 Å². The molecule has 1 aliphatic rings. The fourth-order valence-electron chi connectivity index (χ4n) is 2.94. The maximum absolute atomic E-state index is 3.70. The highest BCUT2D eigenvalue weighted by Crippen LogP contribution is 2.31. The molecule has 0 radical (unpaired) electrons. The first-order valence-corrected chi connectivity index (χ1v) is 6.57. The molecule has 0 aromatic heterocycles. The third-order valence-corrected chi connectivity index (χ3v) is 3.68. The number of rotatable bonds is 3. The molecule has 1 aliphatic heterocycles. The van der Waals surface area contributed by atoms with E-state index in [-0.39, 0.29) is 0 Å². The molecule has 1 saturated heterocycles. The molecule has 1 heteroatoms. The van der Waals surface area contributed by atoms with Crippen LogP contribution >= 0.6 is 0 Å². The lowest BCUT2D eigenvalue weighted by Gasteiger charge is -2.34. The van der Waals surface area contributed by atoms with Gasteiger partial charge in [-0.1, -0.05) is 50.6 Å². The molecule has 0 saturated carbocycles. The summed E-state index contributed by atoms with van der Waals surface area (Å²) in [6.45, 7) is 5.88. The van der Waals surface area contributed by atoms with Crippen LogP contribution in [0.3, 0.4) is 0 Å². The normalized spacial score (nSPS) is 23.3. The molecule has 1 unspecified atom stereocenters. The second kappa shape index (κ2) is 5.49. The molecule has 1 nitrogen and oxygen atoms in total. The van der Waals surface area contributed by atoms with Crippen LogP contribution in [0.25, 0.3) is 0 Å². The third kappa shape index (κ3) is 2.65. The van der Waals surface area contributed by atoms with Crippen LogP contribution in [0.4, 0.5) is 0 Å². The Kier molecular flexibility index (Phi) is 4.00. The first-order chi connectivity index (χ1) is 7.79. The summed E-state index contributed by atoms with van der Waals surface area (Å²) in [5.41, 5.74) is 1.50. The molecule has 16 heavy (non-hydrogen) atoms. The Morgan fingerprint density at radius 3 is 2.44 bits per heavy atom. The Morgan fingerprint density at radius 2 is 1.88 bits per heavy atom. The maximum atomic E-state index is 3.70. The Morgan fingerprint density at radius 1 is 1.12 bits per heavy atom. The van der Waals surface area contributed by atoms with Gasteiger partial charge in [0.1, 0.15) is 0 Å². The van der Waals surface area contributed by atoms with Crippen molar-refractivity contribution in [3.05, 3.63) is 35.9 Å². The molecule has 0 spiro atoms. The smallest absolute Gasteiger partial charge is 0.0138 e. The van der Waals surface area contributed by atoms with E-state index in [1.165, 1.54) is 31.4 Å². The van der Waals surface area contributed by atoms with E-state index in [0.717, 1.165) is 0 Å². The molecular formula is C15H23N. The van der Waals surface area contributed by atoms with Crippen LogP contribution in [0.5, 0.6) is 0 Å². The molecular weight excluding hydrogens is 194 g/mol. The van der Waals surface area contributed by atoms with Gasteiger partial charge in [-0.05, 0) is 30.9 Å². The minimum atomic E-state index is 0.668. The highest BCUT2D eigenvalue weighted by Gasteiger charge is 2.26. The van der Waals surface area contributed by atoms with Gasteiger partial charge in [-0.3, -0.25) is 0 Å². The molecule has 88 valence electrons. The highest BCUT2D eigenvalue weighted by molar-refractivity contribution is 5.22. The van der Waals surface area contributed by atoms with Crippen molar-refractivity contribution < 1.29 is 0 Å². The SMILES string of the molecule is CC(C)[C@@H](c1ccccc1)C1CCCCN1. The topological polar surface area (TPSA) is 12.0 Å². The number of benzene rings is 1. The van der Waals surface area contributed by atoms with Crippen molar-refractivity contribution in [2.24, 2.45) is 5.92 Å². The zero-order valence-corrected chi connectivity index (χ0v) is 10.4. The van der Waals surface area contributed by atoms with Crippen molar-refractivity contribution >= 4 is 0 Å². The first kappa shape index (κ1) is 11.7. The van der Waals surface area contributed by atoms with Gasteiger partial charge in [0, 0.05) is 12.0 Å². The van der Waals surface area contributed by atoms with Crippen molar-refractivity contribution in [2.45, 2.75) is 45.1 Å². The highest BCUT2D eigenvalue weighted by atomic mass is 14.9. The summed E-state index contributed by atoms with van der Waals surface area (Å²) in [5.74, 6) is 1.37. The van der Waals surface area contributed by atoms with Gasteiger partial charge >= 0.3 is 0 Å². The van der Waals surface area contributed by atoms with E-state index in [9.17, 15) is 0 Å². The summed E-state index contributed by atoms with van der Waals surface area (Å²) in [5, 5.41) is 3.70. The van der Waals surface area contributed by atoms with Gasteiger partial charge in [0.2, 0.25) is 0 Å². The maximum Gasteiger partial charge on any atom is 0.0138 e. The van der Waals surface area contributed by atoms with Crippen LogP contribution in [0.1, 0.15) is 44.6 Å². The molecule has 2 rings (SSSR count). The molecule has 1 aromatic rings. The van der Waals surface area contributed by atoms with Crippen molar-refractivity contribution in [2.75, 3.05) is 6.54 Å². The van der Waals surface area contributed by atoms with Crippen LogP contribution in [-0.4, -0.2) is 12.6 Å². The largest absolute Gasteiger partial charge is 0.313 e. The second-order valence-corrected chi connectivity index (χ2v) is 5.24. The zero-order chi connectivity index (χ0) is 11.4. The van der Waals surface area contributed by atoms with Crippen LogP contribution in [-0.2, 0) is 0 Å². The van der Waals surface area contributed by atoms with Crippen LogP contribution < -0.4 is 5.32 Å². The molecule has 1 heterocycles. The van der Waals surface area contributed by atoms with Crippen LogP contribution in [0.2, 0.25) is 0 Å². The standard InChI is InChI=1S/C15H23N/c1-12(2)15(13-8-4-3-5-9-13)14-10-6-7-11-16-14/h3-5,8-9,12,14-16H,6-7,10-11H2,1-2H3/t14?,15-/m0/s1. The summed E-state index contributed by atoms with van der Waals surface area (Å²) < 4.78 is 0. The summed E-state index contributed by atoms with van der Waals surface area (Å²) in [6, 6.07) is 11.7. The molecule has 0 amide bonds. The van der Waals surface area contributed by atoms with E-state index in [2.05, 4.69) is 49.5 Å². The zero-order valence-electron chi connectivity index (χ0n) is 10.4. The Bertz CT molecular complexity index is 298. The van der Waals surface area contributed by atoms with Crippen LogP contribution in [0, 0.1) is 5.92 Å². The quantitative estimate of drug-likeness (QED) is 0.816. The average molecular weight is 217 g/mol. The lowest BCUT2D eigenvalue weighted by molar-refractivity contribution is 0.303. The molecule has 2 atom stereocenters. The fourth-order valence-corrected chi connectivity index (χ4v) is 2.94.